The van der Waals surface area contributed by atoms with E-state index in [9.17, 15) is 4.79 Å². The summed E-state index contributed by atoms with van der Waals surface area (Å²) in [6, 6.07) is -0.511. The lowest BCUT2D eigenvalue weighted by Gasteiger charge is -2.33. The van der Waals surface area contributed by atoms with E-state index in [1.807, 2.05) is 4.90 Å². The van der Waals surface area contributed by atoms with Gasteiger partial charge < -0.3 is 16.4 Å². The van der Waals surface area contributed by atoms with Gasteiger partial charge in [0.1, 0.15) is 0 Å². The Kier molecular flexibility index (Phi) is 4.49. The fraction of sp³-hybridized carbons (Fsp3) is 0.583. The second kappa shape index (κ2) is 6.12. The van der Waals surface area contributed by atoms with Gasteiger partial charge in [-0.3, -0.25) is 10.2 Å². The molecule has 0 radical (unpaired) electrons. The quantitative estimate of drug-likeness (QED) is 0.426. The van der Waals surface area contributed by atoms with E-state index in [-0.39, 0.29) is 11.7 Å². The Balaban J connectivity index is 1.90. The van der Waals surface area contributed by atoms with E-state index in [0.717, 1.165) is 19.4 Å². The van der Waals surface area contributed by atoms with E-state index in [2.05, 4.69) is 4.98 Å². The van der Waals surface area contributed by atoms with Crippen LogP contribution < -0.4 is 11.5 Å². The minimum absolute atomic E-state index is 0.0880. The van der Waals surface area contributed by atoms with Crippen LogP contribution in [0.1, 0.15) is 29.1 Å². The molecule has 1 aromatic rings. The molecule has 1 aliphatic heterocycles. The standard InChI is InChI=1S/C12H19N5OS/c13-9(10(18)11-16-3-5-19-11)6-8-2-1-4-17(7-8)12(14)15/h3,5,8-9H,1-2,4,6-7,13H2,(H3,14,15). The van der Waals surface area contributed by atoms with E-state index < -0.39 is 6.04 Å². The number of nitrogens with zero attached hydrogens (tertiary/aromatic N) is 2. The number of carbonyl (C=O) groups is 1. The van der Waals surface area contributed by atoms with Gasteiger partial charge in [0.05, 0.1) is 6.04 Å². The van der Waals surface area contributed by atoms with E-state index >= 15 is 0 Å². The van der Waals surface area contributed by atoms with E-state index in [0.29, 0.717) is 23.9 Å². The van der Waals surface area contributed by atoms with Gasteiger partial charge in [-0.2, -0.15) is 0 Å². The highest BCUT2D eigenvalue weighted by molar-refractivity contribution is 7.11. The first-order valence-electron chi connectivity index (χ1n) is 6.36. The molecule has 0 aliphatic carbocycles. The van der Waals surface area contributed by atoms with Crippen LogP contribution in [0, 0.1) is 11.3 Å². The van der Waals surface area contributed by atoms with Crippen molar-refractivity contribution in [3.8, 4) is 0 Å². The van der Waals surface area contributed by atoms with Gasteiger partial charge in [0.25, 0.3) is 0 Å². The van der Waals surface area contributed by atoms with Crippen molar-refractivity contribution in [1.29, 1.82) is 5.41 Å². The van der Waals surface area contributed by atoms with Crippen molar-refractivity contribution in [3.05, 3.63) is 16.6 Å². The van der Waals surface area contributed by atoms with Crippen LogP contribution in [0.5, 0.6) is 0 Å². The number of nitrogens with two attached hydrogens (primary N) is 2. The number of aromatic nitrogens is 1. The lowest BCUT2D eigenvalue weighted by atomic mass is 9.90. The van der Waals surface area contributed by atoms with Gasteiger partial charge in [0.2, 0.25) is 5.78 Å². The first kappa shape index (κ1) is 14.0. The highest BCUT2D eigenvalue weighted by atomic mass is 32.1. The summed E-state index contributed by atoms with van der Waals surface area (Å²) < 4.78 is 0. The molecule has 2 rings (SSSR count). The normalized spacial score (nSPS) is 21.1. The second-order valence-electron chi connectivity index (χ2n) is 4.88. The highest BCUT2D eigenvalue weighted by Crippen LogP contribution is 2.21. The molecule has 0 saturated carbocycles. The first-order chi connectivity index (χ1) is 9.08. The average Bonchev–Trinajstić information content (AvgIpc) is 2.92. The first-order valence-corrected chi connectivity index (χ1v) is 7.24. The summed E-state index contributed by atoms with van der Waals surface area (Å²) in [7, 11) is 0. The summed E-state index contributed by atoms with van der Waals surface area (Å²) in [5, 5.41) is 9.71. The molecule has 2 atom stereocenters. The summed E-state index contributed by atoms with van der Waals surface area (Å²) in [6.45, 7) is 1.54. The summed E-state index contributed by atoms with van der Waals surface area (Å²) >= 11 is 1.32. The Morgan fingerprint density at radius 1 is 1.68 bits per heavy atom. The van der Waals surface area contributed by atoms with Crippen LogP contribution in [0.25, 0.3) is 0 Å². The molecule has 0 spiro atoms. The average molecular weight is 281 g/mol. The van der Waals surface area contributed by atoms with Crippen LogP contribution in [-0.2, 0) is 0 Å². The minimum Gasteiger partial charge on any atom is -0.370 e. The van der Waals surface area contributed by atoms with Gasteiger partial charge >= 0.3 is 0 Å². The monoisotopic (exact) mass is 281 g/mol. The Labute approximate surface area is 116 Å². The summed E-state index contributed by atoms with van der Waals surface area (Å²) in [6.07, 6.45) is 4.26. The van der Waals surface area contributed by atoms with Crippen molar-refractivity contribution in [2.75, 3.05) is 13.1 Å². The molecule has 2 heterocycles. The predicted octanol–water partition coefficient (Wildman–Crippen LogP) is 0.649. The van der Waals surface area contributed by atoms with Crippen LogP contribution in [0.2, 0.25) is 0 Å². The number of ketones is 1. The van der Waals surface area contributed by atoms with Crippen LogP contribution >= 0.6 is 11.3 Å². The Hall–Kier alpha value is -1.47. The Bertz CT molecular complexity index is 447. The molecule has 5 N–H and O–H groups in total. The molecule has 104 valence electrons. The number of carbonyl (C=O) groups excluding carboxylic acids is 1. The number of hydrogen-bond donors (Lipinski definition) is 3. The number of rotatable bonds is 4. The maximum atomic E-state index is 12.0. The number of likely N-dealkylation sites (tertiary alicyclic amines) is 1. The summed E-state index contributed by atoms with van der Waals surface area (Å²) in [4.78, 5) is 17.9. The maximum Gasteiger partial charge on any atom is 0.207 e. The number of guanidine groups is 1. The topological polar surface area (TPSA) is 109 Å². The molecule has 6 nitrogen and oxygen atoms in total. The molecule has 0 amide bonds. The van der Waals surface area contributed by atoms with Crippen LogP contribution in [0.3, 0.4) is 0 Å². The largest absolute Gasteiger partial charge is 0.370 e. The lowest BCUT2D eigenvalue weighted by Crippen LogP contribution is -2.45. The van der Waals surface area contributed by atoms with Crippen molar-refractivity contribution in [2.24, 2.45) is 17.4 Å². The predicted molar refractivity (Wildman–Crippen MR) is 75.2 cm³/mol. The van der Waals surface area contributed by atoms with Crippen LogP contribution in [0.15, 0.2) is 11.6 Å². The van der Waals surface area contributed by atoms with Crippen molar-refractivity contribution in [1.82, 2.24) is 9.88 Å². The fourth-order valence-electron chi connectivity index (χ4n) is 2.45. The van der Waals surface area contributed by atoms with Gasteiger partial charge in [-0.15, -0.1) is 11.3 Å². The number of thiazole rings is 1. The molecule has 7 heteroatoms. The number of piperidine rings is 1. The third kappa shape index (κ3) is 3.51. The van der Waals surface area contributed by atoms with E-state index in [1.54, 1.807) is 11.6 Å². The molecule has 2 unspecified atom stereocenters. The zero-order valence-corrected chi connectivity index (χ0v) is 11.5. The van der Waals surface area contributed by atoms with Crippen molar-refractivity contribution < 1.29 is 4.79 Å². The number of nitrogens with one attached hydrogen (secondary N) is 1. The number of hydrogen-bond acceptors (Lipinski definition) is 5. The van der Waals surface area contributed by atoms with Gasteiger partial charge in [-0.1, -0.05) is 0 Å². The zero-order valence-electron chi connectivity index (χ0n) is 10.7. The minimum atomic E-state index is -0.511. The van der Waals surface area contributed by atoms with Gasteiger partial charge in [0.15, 0.2) is 11.0 Å². The Morgan fingerprint density at radius 3 is 3.11 bits per heavy atom. The van der Waals surface area contributed by atoms with Crippen LogP contribution in [-0.4, -0.2) is 40.8 Å². The van der Waals surface area contributed by atoms with Crippen LogP contribution in [0.4, 0.5) is 0 Å². The molecule has 1 aliphatic rings. The van der Waals surface area contributed by atoms with E-state index in [4.69, 9.17) is 16.9 Å². The van der Waals surface area contributed by atoms with Crippen molar-refractivity contribution in [2.45, 2.75) is 25.3 Å². The molecule has 1 saturated heterocycles. The highest BCUT2D eigenvalue weighted by Gasteiger charge is 2.26. The molecular formula is C12H19N5OS. The molecule has 19 heavy (non-hydrogen) atoms. The number of Topliss-reactive ketones (excluding diaryl/α,β-unsaturated/α-hetero) is 1. The van der Waals surface area contributed by atoms with Crippen molar-refractivity contribution >= 4 is 23.1 Å². The fourth-order valence-corrected chi connectivity index (χ4v) is 3.09. The third-order valence-electron chi connectivity index (χ3n) is 3.43. The van der Waals surface area contributed by atoms with E-state index in [1.165, 1.54) is 11.3 Å². The molecule has 1 fully saturated rings. The molecule has 0 aromatic carbocycles. The molecular weight excluding hydrogens is 262 g/mol. The molecule has 0 bridgehead atoms. The zero-order chi connectivity index (χ0) is 13.8. The summed E-state index contributed by atoms with van der Waals surface area (Å²) in [5.74, 6) is 0.330. The van der Waals surface area contributed by atoms with Crippen molar-refractivity contribution in [3.63, 3.8) is 0 Å². The molecule has 1 aromatic heterocycles. The Morgan fingerprint density at radius 2 is 2.47 bits per heavy atom. The lowest BCUT2D eigenvalue weighted by molar-refractivity contribution is 0.0939. The van der Waals surface area contributed by atoms with Gasteiger partial charge in [0, 0.05) is 24.7 Å². The summed E-state index contributed by atoms with van der Waals surface area (Å²) in [5.41, 5.74) is 11.5. The maximum absolute atomic E-state index is 12.0. The second-order valence-corrected chi connectivity index (χ2v) is 5.78. The van der Waals surface area contributed by atoms with Gasteiger partial charge in [-0.25, -0.2) is 4.98 Å². The smallest absolute Gasteiger partial charge is 0.207 e. The SMILES string of the molecule is N=C(N)N1CCCC(CC(N)C(=O)c2nccs2)C1. The third-order valence-corrected chi connectivity index (χ3v) is 4.21. The van der Waals surface area contributed by atoms with Gasteiger partial charge in [-0.05, 0) is 25.2 Å².